The van der Waals surface area contributed by atoms with E-state index in [1.54, 1.807) is 0 Å². The van der Waals surface area contributed by atoms with Crippen molar-refractivity contribution < 1.29 is 0 Å². The fourth-order valence-electron chi connectivity index (χ4n) is 7.38. The molecule has 0 amide bonds. The molecular weight excluding hydrogens is 520 g/mol. The maximum Gasteiger partial charge on any atom is 0.0562 e. The zero-order valence-corrected chi connectivity index (χ0v) is 24.3. The van der Waals surface area contributed by atoms with Crippen molar-refractivity contribution in [3.05, 3.63) is 157 Å². The van der Waals surface area contributed by atoms with Crippen LogP contribution in [0, 0.1) is 0 Å². The first-order valence-corrected chi connectivity index (χ1v) is 15.0. The van der Waals surface area contributed by atoms with Crippen LogP contribution in [0.4, 0.5) is 0 Å². The van der Waals surface area contributed by atoms with E-state index in [0.717, 1.165) is 0 Å². The van der Waals surface area contributed by atoms with E-state index in [0.29, 0.717) is 0 Å². The van der Waals surface area contributed by atoms with Gasteiger partial charge in [-0.05, 0) is 88.0 Å². The first kappa shape index (κ1) is 24.3. The van der Waals surface area contributed by atoms with E-state index >= 15 is 0 Å². The average molecular weight is 551 g/mol. The van der Waals surface area contributed by atoms with Gasteiger partial charge in [0.05, 0.1) is 16.6 Å². The Kier molecular flexibility index (Phi) is 4.99. The van der Waals surface area contributed by atoms with Gasteiger partial charge in [0.25, 0.3) is 0 Å². The summed E-state index contributed by atoms with van der Waals surface area (Å²) < 4.78 is 4.70. The first-order valence-electron chi connectivity index (χ1n) is 15.0. The molecule has 8 aromatic rings. The van der Waals surface area contributed by atoms with Crippen LogP contribution in [0.5, 0.6) is 0 Å². The third-order valence-corrected chi connectivity index (χ3v) is 9.56. The molecule has 2 aromatic heterocycles. The first-order chi connectivity index (χ1) is 21.1. The van der Waals surface area contributed by atoms with E-state index in [9.17, 15) is 0 Å². The lowest BCUT2D eigenvalue weighted by atomic mass is 9.81. The highest BCUT2D eigenvalue weighted by molar-refractivity contribution is 6.13. The van der Waals surface area contributed by atoms with Gasteiger partial charge in [-0.1, -0.05) is 98.8 Å². The summed E-state index contributed by atoms with van der Waals surface area (Å²) in [5, 5.41) is 3.80. The largest absolute Gasteiger partial charge is 0.316 e. The summed E-state index contributed by atoms with van der Waals surface area (Å²) in [6.07, 6.45) is 2.18. The molecule has 2 nitrogen and oxygen atoms in total. The number of para-hydroxylation sites is 2. The molecule has 2 heterocycles. The fourth-order valence-corrected chi connectivity index (χ4v) is 7.38. The molecule has 0 aliphatic heterocycles. The van der Waals surface area contributed by atoms with Gasteiger partial charge < -0.3 is 9.13 Å². The minimum Gasteiger partial charge on any atom is -0.316 e. The van der Waals surface area contributed by atoms with Crippen LogP contribution in [0.1, 0.15) is 25.0 Å². The van der Waals surface area contributed by atoms with Crippen LogP contribution in [-0.2, 0) is 5.41 Å². The van der Waals surface area contributed by atoms with Gasteiger partial charge in [0.2, 0.25) is 0 Å². The SMILES string of the molecule is CC1(C)c2ccccc2-c2ccc(-c3ccc(-n4c5ccccc5c5cc6ccn(-c7ccccc7)c6cc54)cc3)cc21. The van der Waals surface area contributed by atoms with Gasteiger partial charge in [0, 0.05) is 39.1 Å². The number of hydrogen-bond donors (Lipinski definition) is 0. The molecule has 1 aliphatic rings. The standard InChI is InChI=1S/C41H30N2/c1-41(2)36-14-8-6-12-32(36)33-21-18-28(25-37(33)41)27-16-19-31(20-17-27)43-38-15-9-7-13-34(38)35-24-29-22-23-42(39(29)26-40(35)43)30-10-4-3-5-11-30/h3-26H,1-2H3. The van der Waals surface area contributed by atoms with Gasteiger partial charge in [-0.25, -0.2) is 0 Å². The summed E-state index contributed by atoms with van der Waals surface area (Å²) in [7, 11) is 0. The van der Waals surface area contributed by atoms with E-state index in [4.69, 9.17) is 0 Å². The van der Waals surface area contributed by atoms with Gasteiger partial charge >= 0.3 is 0 Å². The molecule has 6 aromatic carbocycles. The van der Waals surface area contributed by atoms with Crippen LogP contribution in [0.2, 0.25) is 0 Å². The Bertz CT molecular complexity index is 2350. The van der Waals surface area contributed by atoms with Crippen molar-refractivity contribution in [1.29, 1.82) is 0 Å². The summed E-state index contributed by atoms with van der Waals surface area (Å²) in [4.78, 5) is 0. The molecule has 0 saturated carbocycles. The molecule has 0 atom stereocenters. The molecule has 204 valence electrons. The molecule has 0 unspecified atom stereocenters. The monoisotopic (exact) mass is 550 g/mol. The lowest BCUT2D eigenvalue weighted by molar-refractivity contribution is 0.660. The van der Waals surface area contributed by atoms with Crippen molar-refractivity contribution in [2.24, 2.45) is 0 Å². The quantitative estimate of drug-likeness (QED) is 0.207. The highest BCUT2D eigenvalue weighted by Crippen LogP contribution is 2.49. The number of nitrogens with zero attached hydrogens (tertiary/aromatic N) is 2. The molecule has 0 bridgehead atoms. The summed E-state index contributed by atoms with van der Waals surface area (Å²) in [6, 6.07) is 51.2. The second kappa shape index (κ2) is 8.83. The van der Waals surface area contributed by atoms with Crippen molar-refractivity contribution >= 4 is 32.7 Å². The van der Waals surface area contributed by atoms with Gasteiger partial charge in [-0.2, -0.15) is 0 Å². The Morgan fingerprint density at radius 1 is 0.465 bits per heavy atom. The number of rotatable bonds is 3. The lowest BCUT2D eigenvalue weighted by Crippen LogP contribution is -2.14. The zero-order valence-electron chi connectivity index (χ0n) is 24.3. The Morgan fingerprint density at radius 3 is 2.05 bits per heavy atom. The molecule has 0 radical (unpaired) electrons. The predicted molar refractivity (Wildman–Crippen MR) is 181 cm³/mol. The highest BCUT2D eigenvalue weighted by Gasteiger charge is 2.35. The molecule has 0 fully saturated rings. The van der Waals surface area contributed by atoms with Crippen LogP contribution >= 0.6 is 0 Å². The lowest BCUT2D eigenvalue weighted by Gasteiger charge is -2.22. The molecule has 0 spiro atoms. The van der Waals surface area contributed by atoms with Crippen LogP contribution in [-0.4, -0.2) is 9.13 Å². The second-order valence-corrected chi connectivity index (χ2v) is 12.3. The van der Waals surface area contributed by atoms with E-state index in [2.05, 4.69) is 169 Å². The van der Waals surface area contributed by atoms with Crippen LogP contribution in [0.3, 0.4) is 0 Å². The number of benzene rings is 6. The summed E-state index contributed by atoms with van der Waals surface area (Å²) in [5.41, 5.74) is 14.0. The van der Waals surface area contributed by atoms with E-state index < -0.39 is 0 Å². The Balaban J connectivity index is 1.18. The normalized spacial score (nSPS) is 13.5. The zero-order chi connectivity index (χ0) is 28.7. The van der Waals surface area contributed by atoms with Crippen LogP contribution < -0.4 is 0 Å². The molecule has 0 saturated heterocycles. The predicted octanol–water partition coefficient (Wildman–Crippen LogP) is 10.7. The van der Waals surface area contributed by atoms with Crippen molar-refractivity contribution in [3.63, 3.8) is 0 Å². The number of hydrogen-bond acceptors (Lipinski definition) is 0. The Morgan fingerprint density at radius 2 is 1.19 bits per heavy atom. The molecule has 1 aliphatic carbocycles. The highest BCUT2D eigenvalue weighted by atomic mass is 15.0. The van der Waals surface area contributed by atoms with Gasteiger partial charge in [0.15, 0.2) is 0 Å². The van der Waals surface area contributed by atoms with E-state index in [1.807, 2.05) is 0 Å². The maximum atomic E-state index is 2.42. The van der Waals surface area contributed by atoms with Crippen molar-refractivity contribution in [2.75, 3.05) is 0 Å². The van der Waals surface area contributed by atoms with Gasteiger partial charge in [0.1, 0.15) is 0 Å². The van der Waals surface area contributed by atoms with E-state index in [-0.39, 0.29) is 5.41 Å². The van der Waals surface area contributed by atoms with Crippen LogP contribution in [0.15, 0.2) is 146 Å². The third-order valence-electron chi connectivity index (χ3n) is 9.56. The Hall–Kier alpha value is -5.34. The molecule has 43 heavy (non-hydrogen) atoms. The van der Waals surface area contributed by atoms with Crippen molar-refractivity contribution in [2.45, 2.75) is 19.3 Å². The van der Waals surface area contributed by atoms with Crippen LogP contribution in [0.25, 0.3) is 66.3 Å². The van der Waals surface area contributed by atoms with Crippen molar-refractivity contribution in [3.8, 4) is 33.6 Å². The molecule has 0 N–H and O–H groups in total. The minimum absolute atomic E-state index is 0.00635. The average Bonchev–Trinajstić information content (AvgIpc) is 3.69. The molecule has 2 heteroatoms. The molecule has 9 rings (SSSR count). The second-order valence-electron chi connectivity index (χ2n) is 12.3. The number of aromatic nitrogens is 2. The fraction of sp³-hybridized carbons (Fsp3) is 0.0732. The van der Waals surface area contributed by atoms with Crippen molar-refractivity contribution in [1.82, 2.24) is 9.13 Å². The summed E-state index contributed by atoms with van der Waals surface area (Å²) >= 11 is 0. The Labute approximate surface area is 251 Å². The maximum absolute atomic E-state index is 2.42. The minimum atomic E-state index is -0.00635. The van der Waals surface area contributed by atoms with Gasteiger partial charge in [-0.3, -0.25) is 0 Å². The summed E-state index contributed by atoms with van der Waals surface area (Å²) in [6.45, 7) is 4.69. The van der Waals surface area contributed by atoms with E-state index in [1.165, 1.54) is 77.5 Å². The topological polar surface area (TPSA) is 9.86 Å². The smallest absolute Gasteiger partial charge is 0.0562 e. The molecular formula is C41H30N2. The summed E-state index contributed by atoms with van der Waals surface area (Å²) in [5.74, 6) is 0. The third kappa shape index (κ3) is 3.47. The van der Waals surface area contributed by atoms with Gasteiger partial charge in [-0.15, -0.1) is 0 Å². The number of fused-ring (bicyclic) bond motifs is 7.